The van der Waals surface area contributed by atoms with Crippen molar-refractivity contribution < 1.29 is 4.42 Å². The molecule has 4 heteroatoms. The molecule has 0 unspecified atom stereocenters. The second-order valence-electron chi connectivity index (χ2n) is 6.53. The number of aliphatic imine (C=N–C) groups is 1. The van der Waals surface area contributed by atoms with Crippen molar-refractivity contribution in [3.05, 3.63) is 107 Å². The Balaban J connectivity index is 1.80. The Morgan fingerprint density at radius 2 is 1.40 bits per heavy atom. The standard InChI is InChI=1S/C26H17BrN2O/c27-22(16-19-10-4-1-5-11-19)18-29-26-23(17-28)24(20-12-6-2-7-13-20)25(30-26)21-14-8-3-9-15-21/h1-16,18H/b22-16-,29-18?. The molecule has 0 saturated carbocycles. The van der Waals surface area contributed by atoms with E-state index in [9.17, 15) is 5.26 Å². The van der Waals surface area contributed by atoms with E-state index in [4.69, 9.17) is 4.42 Å². The number of nitrogens with zero attached hydrogens (tertiary/aromatic N) is 2. The summed E-state index contributed by atoms with van der Waals surface area (Å²) >= 11 is 3.52. The van der Waals surface area contributed by atoms with Crippen LogP contribution in [-0.2, 0) is 0 Å². The van der Waals surface area contributed by atoms with Crippen LogP contribution in [0.2, 0.25) is 0 Å². The number of benzene rings is 3. The number of rotatable bonds is 5. The van der Waals surface area contributed by atoms with Gasteiger partial charge in [-0.1, -0.05) is 91.0 Å². The van der Waals surface area contributed by atoms with Crippen LogP contribution in [0.4, 0.5) is 5.88 Å². The van der Waals surface area contributed by atoms with Crippen molar-refractivity contribution in [2.45, 2.75) is 0 Å². The minimum Gasteiger partial charge on any atom is -0.436 e. The first-order chi connectivity index (χ1) is 14.8. The molecule has 1 heterocycles. The highest BCUT2D eigenvalue weighted by Gasteiger charge is 2.22. The zero-order chi connectivity index (χ0) is 20.8. The first-order valence-electron chi connectivity index (χ1n) is 9.40. The smallest absolute Gasteiger partial charge is 0.238 e. The third kappa shape index (κ3) is 4.32. The van der Waals surface area contributed by atoms with Crippen molar-refractivity contribution in [2.75, 3.05) is 0 Å². The number of hydrogen-bond donors (Lipinski definition) is 0. The van der Waals surface area contributed by atoms with Crippen molar-refractivity contribution in [3.8, 4) is 28.5 Å². The van der Waals surface area contributed by atoms with E-state index < -0.39 is 0 Å². The average Bonchev–Trinajstić information content (AvgIpc) is 3.18. The van der Waals surface area contributed by atoms with Gasteiger partial charge < -0.3 is 4.42 Å². The molecule has 144 valence electrons. The largest absolute Gasteiger partial charge is 0.436 e. The summed E-state index contributed by atoms with van der Waals surface area (Å²) in [6, 6.07) is 31.8. The summed E-state index contributed by atoms with van der Waals surface area (Å²) < 4.78 is 6.88. The Morgan fingerprint density at radius 3 is 2.00 bits per heavy atom. The maximum absolute atomic E-state index is 9.91. The highest BCUT2D eigenvalue weighted by Crippen LogP contribution is 2.42. The maximum Gasteiger partial charge on any atom is 0.238 e. The van der Waals surface area contributed by atoms with Crippen molar-refractivity contribution in [3.63, 3.8) is 0 Å². The third-order valence-electron chi connectivity index (χ3n) is 4.51. The number of nitriles is 1. The van der Waals surface area contributed by atoms with Crippen molar-refractivity contribution in [2.24, 2.45) is 4.99 Å². The number of halogens is 1. The normalized spacial score (nSPS) is 11.5. The molecule has 0 amide bonds. The van der Waals surface area contributed by atoms with E-state index in [1.807, 2.05) is 97.1 Å². The van der Waals surface area contributed by atoms with Gasteiger partial charge in [-0.25, -0.2) is 4.99 Å². The van der Waals surface area contributed by atoms with Gasteiger partial charge >= 0.3 is 0 Å². The van der Waals surface area contributed by atoms with Gasteiger partial charge in [0, 0.05) is 21.8 Å². The van der Waals surface area contributed by atoms with Crippen molar-refractivity contribution in [1.29, 1.82) is 5.26 Å². The summed E-state index contributed by atoms with van der Waals surface area (Å²) in [5.74, 6) is 0.919. The van der Waals surface area contributed by atoms with Crippen LogP contribution in [0.15, 0.2) is 105 Å². The Kier molecular flexibility index (Phi) is 6.03. The molecule has 0 saturated heterocycles. The lowest BCUT2D eigenvalue weighted by molar-refractivity contribution is 0.593. The Hall–Kier alpha value is -3.68. The molecular formula is C26H17BrN2O. The van der Waals surface area contributed by atoms with Gasteiger partial charge in [0.15, 0.2) is 0 Å². The van der Waals surface area contributed by atoms with Crippen LogP contribution in [0.3, 0.4) is 0 Å². The summed E-state index contributed by atoms with van der Waals surface area (Å²) in [5.41, 5.74) is 4.02. The topological polar surface area (TPSA) is 49.3 Å². The summed E-state index contributed by atoms with van der Waals surface area (Å²) in [6.45, 7) is 0. The van der Waals surface area contributed by atoms with Crippen LogP contribution in [0.1, 0.15) is 11.1 Å². The SMILES string of the molecule is N#Cc1c(N=C/C(Br)=C/c2ccccc2)oc(-c2ccccc2)c1-c1ccccc1. The fraction of sp³-hybridized carbons (Fsp3) is 0. The molecule has 0 atom stereocenters. The molecule has 3 aromatic carbocycles. The fourth-order valence-corrected chi connectivity index (χ4v) is 3.52. The molecule has 0 aliphatic rings. The van der Waals surface area contributed by atoms with Gasteiger partial charge in [-0.05, 0) is 33.1 Å². The lowest BCUT2D eigenvalue weighted by Crippen LogP contribution is -1.83. The Labute approximate surface area is 183 Å². The van der Waals surface area contributed by atoms with Gasteiger partial charge in [0.1, 0.15) is 17.4 Å². The predicted molar refractivity (Wildman–Crippen MR) is 126 cm³/mol. The molecule has 0 bridgehead atoms. The summed E-state index contributed by atoms with van der Waals surface area (Å²) in [4.78, 5) is 4.48. The molecule has 0 aliphatic heterocycles. The average molecular weight is 453 g/mol. The zero-order valence-electron chi connectivity index (χ0n) is 16.0. The van der Waals surface area contributed by atoms with Crippen LogP contribution in [0, 0.1) is 11.3 Å². The predicted octanol–water partition coefficient (Wildman–Crippen LogP) is 7.62. The van der Waals surface area contributed by atoms with Gasteiger partial charge in [-0.3, -0.25) is 0 Å². The molecule has 1 aromatic heterocycles. The lowest BCUT2D eigenvalue weighted by Gasteiger charge is -2.03. The van der Waals surface area contributed by atoms with Crippen LogP contribution < -0.4 is 0 Å². The molecule has 0 aliphatic carbocycles. The monoisotopic (exact) mass is 452 g/mol. The third-order valence-corrected chi connectivity index (χ3v) is 4.94. The Morgan fingerprint density at radius 1 is 0.833 bits per heavy atom. The first kappa shape index (κ1) is 19.6. The van der Waals surface area contributed by atoms with Crippen LogP contribution in [0.5, 0.6) is 0 Å². The van der Waals surface area contributed by atoms with E-state index in [1.54, 1.807) is 6.21 Å². The van der Waals surface area contributed by atoms with E-state index >= 15 is 0 Å². The van der Waals surface area contributed by atoms with Crippen molar-refractivity contribution >= 4 is 34.1 Å². The second-order valence-corrected chi connectivity index (χ2v) is 7.44. The number of furan rings is 1. The molecule has 30 heavy (non-hydrogen) atoms. The highest BCUT2D eigenvalue weighted by molar-refractivity contribution is 9.12. The minimum absolute atomic E-state index is 0.286. The first-order valence-corrected chi connectivity index (χ1v) is 10.2. The van der Waals surface area contributed by atoms with E-state index in [0.29, 0.717) is 11.3 Å². The Bertz CT molecular complexity index is 1230. The van der Waals surface area contributed by atoms with E-state index in [0.717, 1.165) is 26.7 Å². The zero-order valence-corrected chi connectivity index (χ0v) is 17.6. The van der Waals surface area contributed by atoms with Gasteiger partial charge in [-0.15, -0.1) is 0 Å². The lowest BCUT2D eigenvalue weighted by atomic mass is 9.98. The quantitative estimate of drug-likeness (QED) is 0.292. The molecule has 3 nitrogen and oxygen atoms in total. The summed E-state index contributed by atoms with van der Waals surface area (Å²) in [7, 11) is 0. The summed E-state index contributed by atoms with van der Waals surface area (Å²) in [5, 5.41) is 9.91. The van der Waals surface area contributed by atoms with E-state index in [1.165, 1.54) is 0 Å². The number of hydrogen-bond acceptors (Lipinski definition) is 3. The highest BCUT2D eigenvalue weighted by atomic mass is 79.9. The molecule has 0 spiro atoms. The number of allylic oxidation sites excluding steroid dienone is 1. The summed E-state index contributed by atoms with van der Waals surface area (Å²) in [6.07, 6.45) is 3.60. The molecule has 0 radical (unpaired) electrons. The van der Waals surface area contributed by atoms with E-state index in [-0.39, 0.29) is 5.88 Å². The molecule has 4 rings (SSSR count). The van der Waals surface area contributed by atoms with Crippen molar-refractivity contribution in [1.82, 2.24) is 0 Å². The molecule has 0 N–H and O–H groups in total. The fourth-order valence-electron chi connectivity index (χ4n) is 3.15. The van der Waals surface area contributed by atoms with Crippen LogP contribution >= 0.6 is 15.9 Å². The molecule has 0 fully saturated rings. The van der Waals surface area contributed by atoms with Crippen LogP contribution in [0.25, 0.3) is 28.5 Å². The second kappa shape index (κ2) is 9.21. The molecule has 4 aromatic rings. The maximum atomic E-state index is 9.91. The van der Waals surface area contributed by atoms with Gasteiger partial charge in [0.05, 0.1) is 0 Å². The van der Waals surface area contributed by atoms with E-state index in [2.05, 4.69) is 27.0 Å². The van der Waals surface area contributed by atoms with Crippen LogP contribution in [-0.4, -0.2) is 6.21 Å². The van der Waals surface area contributed by atoms with Gasteiger partial charge in [-0.2, -0.15) is 5.26 Å². The van der Waals surface area contributed by atoms with Gasteiger partial charge in [0.2, 0.25) is 5.88 Å². The minimum atomic E-state index is 0.286. The molecular weight excluding hydrogens is 436 g/mol. The van der Waals surface area contributed by atoms with Gasteiger partial charge in [0.25, 0.3) is 0 Å².